The van der Waals surface area contributed by atoms with Crippen molar-refractivity contribution in [3.63, 3.8) is 0 Å². The van der Waals surface area contributed by atoms with Gasteiger partial charge in [0.05, 0.1) is 12.0 Å². The van der Waals surface area contributed by atoms with Crippen LogP contribution < -0.4 is 10.1 Å². The number of rotatable bonds is 6. The molecule has 8 heteroatoms. The van der Waals surface area contributed by atoms with Crippen molar-refractivity contribution in [3.8, 4) is 5.75 Å². The van der Waals surface area contributed by atoms with Crippen molar-refractivity contribution in [3.05, 3.63) is 59.7 Å². The monoisotopic (exact) mass is 380 g/mol. The lowest BCUT2D eigenvalue weighted by Gasteiger charge is -2.12. The number of amides is 2. The van der Waals surface area contributed by atoms with Crippen LogP contribution >= 0.6 is 0 Å². The standard InChI is InChI=1S/C19H19F3N2O3/c1-24(2)18(26)12-27-16-8-6-15(7-9-16)23-17(25)11-13-4-3-5-14(10-13)19(20,21)22/h3-10H,11-12H2,1-2H3,(H,23,25). The van der Waals surface area contributed by atoms with E-state index in [2.05, 4.69) is 5.32 Å². The second kappa shape index (κ2) is 8.57. The maximum atomic E-state index is 12.7. The van der Waals surface area contributed by atoms with Crippen LogP contribution in [-0.2, 0) is 22.2 Å². The van der Waals surface area contributed by atoms with E-state index < -0.39 is 17.6 Å². The molecule has 2 aromatic carbocycles. The van der Waals surface area contributed by atoms with Crippen LogP contribution in [0.2, 0.25) is 0 Å². The summed E-state index contributed by atoms with van der Waals surface area (Å²) in [4.78, 5) is 24.9. The Morgan fingerprint density at radius 2 is 1.74 bits per heavy atom. The van der Waals surface area contributed by atoms with Crippen LogP contribution in [0.4, 0.5) is 18.9 Å². The van der Waals surface area contributed by atoms with E-state index in [9.17, 15) is 22.8 Å². The number of benzene rings is 2. The van der Waals surface area contributed by atoms with Crippen LogP contribution in [0.25, 0.3) is 0 Å². The average molecular weight is 380 g/mol. The predicted octanol–water partition coefficient (Wildman–Crippen LogP) is 3.35. The van der Waals surface area contributed by atoms with Gasteiger partial charge in [-0.1, -0.05) is 18.2 Å². The third-order valence-electron chi connectivity index (χ3n) is 3.62. The van der Waals surface area contributed by atoms with Gasteiger partial charge in [-0.05, 0) is 35.9 Å². The van der Waals surface area contributed by atoms with Crippen molar-refractivity contribution in [2.24, 2.45) is 0 Å². The lowest BCUT2D eigenvalue weighted by Crippen LogP contribution is -2.27. The normalized spacial score (nSPS) is 11.0. The molecule has 27 heavy (non-hydrogen) atoms. The van der Waals surface area contributed by atoms with Crippen molar-refractivity contribution in [2.45, 2.75) is 12.6 Å². The molecule has 1 N–H and O–H groups in total. The van der Waals surface area contributed by atoms with Gasteiger partial charge < -0.3 is 15.0 Å². The smallest absolute Gasteiger partial charge is 0.416 e. The Bertz CT molecular complexity index is 803. The van der Waals surface area contributed by atoms with Crippen LogP contribution in [0.5, 0.6) is 5.75 Å². The molecule has 0 aromatic heterocycles. The number of carbonyl (C=O) groups excluding carboxylic acids is 2. The van der Waals surface area contributed by atoms with Crippen molar-refractivity contribution in [2.75, 3.05) is 26.0 Å². The Balaban J connectivity index is 1.92. The molecule has 2 aromatic rings. The lowest BCUT2D eigenvalue weighted by atomic mass is 10.1. The van der Waals surface area contributed by atoms with Gasteiger partial charge >= 0.3 is 6.18 Å². The highest BCUT2D eigenvalue weighted by Crippen LogP contribution is 2.29. The molecule has 144 valence electrons. The summed E-state index contributed by atoms with van der Waals surface area (Å²) in [6.07, 6.45) is -4.63. The molecule has 0 spiro atoms. The Morgan fingerprint density at radius 3 is 2.33 bits per heavy atom. The maximum absolute atomic E-state index is 12.7. The van der Waals surface area contributed by atoms with Crippen molar-refractivity contribution in [1.29, 1.82) is 0 Å². The van der Waals surface area contributed by atoms with Crippen LogP contribution in [-0.4, -0.2) is 37.4 Å². The highest BCUT2D eigenvalue weighted by Gasteiger charge is 2.30. The number of hydrogen-bond donors (Lipinski definition) is 1. The van der Waals surface area contributed by atoms with Crippen molar-refractivity contribution >= 4 is 17.5 Å². The fourth-order valence-corrected chi connectivity index (χ4v) is 2.16. The Morgan fingerprint density at radius 1 is 1.07 bits per heavy atom. The van der Waals surface area contributed by atoms with Gasteiger partial charge in [-0.2, -0.15) is 13.2 Å². The number of alkyl halides is 3. The SMILES string of the molecule is CN(C)C(=O)COc1ccc(NC(=O)Cc2cccc(C(F)(F)F)c2)cc1. The summed E-state index contributed by atoms with van der Waals surface area (Å²) >= 11 is 0. The molecule has 2 amide bonds. The summed E-state index contributed by atoms with van der Waals surface area (Å²) in [5, 5.41) is 2.61. The maximum Gasteiger partial charge on any atom is 0.416 e. The fraction of sp³-hybridized carbons (Fsp3) is 0.263. The summed E-state index contributed by atoms with van der Waals surface area (Å²) in [6, 6.07) is 11.0. The minimum atomic E-state index is -4.45. The molecule has 0 heterocycles. The predicted molar refractivity (Wildman–Crippen MR) is 94.4 cm³/mol. The third kappa shape index (κ3) is 6.32. The highest BCUT2D eigenvalue weighted by molar-refractivity contribution is 5.92. The molecular formula is C19H19F3N2O3. The second-order valence-corrected chi connectivity index (χ2v) is 6.02. The van der Waals surface area contributed by atoms with Gasteiger partial charge in [-0.3, -0.25) is 9.59 Å². The van der Waals surface area contributed by atoms with Crippen LogP contribution in [0.3, 0.4) is 0 Å². The van der Waals surface area contributed by atoms with Gasteiger partial charge in [-0.15, -0.1) is 0 Å². The molecule has 0 unspecified atom stereocenters. The molecule has 0 fully saturated rings. The van der Waals surface area contributed by atoms with E-state index in [1.54, 1.807) is 38.4 Å². The summed E-state index contributed by atoms with van der Waals surface area (Å²) in [5.74, 6) is -0.166. The molecule has 0 aliphatic rings. The minimum absolute atomic E-state index is 0.103. The Kier molecular flexibility index (Phi) is 6.44. The van der Waals surface area contributed by atoms with Crippen molar-refractivity contribution in [1.82, 2.24) is 4.90 Å². The molecule has 2 rings (SSSR count). The lowest BCUT2D eigenvalue weighted by molar-refractivity contribution is -0.137. The van der Waals surface area contributed by atoms with Gasteiger partial charge in [-0.25, -0.2) is 0 Å². The highest BCUT2D eigenvalue weighted by atomic mass is 19.4. The first-order valence-electron chi connectivity index (χ1n) is 8.04. The zero-order valence-electron chi connectivity index (χ0n) is 14.8. The number of hydrogen-bond acceptors (Lipinski definition) is 3. The second-order valence-electron chi connectivity index (χ2n) is 6.02. The summed E-state index contributed by atoms with van der Waals surface area (Å²) in [5.41, 5.74) is -0.0516. The molecule has 5 nitrogen and oxygen atoms in total. The Hall–Kier alpha value is -3.03. The molecule has 0 aliphatic carbocycles. The molecule has 0 atom stereocenters. The van der Waals surface area contributed by atoms with E-state index >= 15 is 0 Å². The summed E-state index contributed by atoms with van der Waals surface area (Å²) in [7, 11) is 3.24. The average Bonchev–Trinajstić information content (AvgIpc) is 2.60. The first-order valence-corrected chi connectivity index (χ1v) is 8.04. The quantitative estimate of drug-likeness (QED) is 0.836. The van der Waals surface area contributed by atoms with E-state index in [1.807, 2.05) is 0 Å². The van der Waals surface area contributed by atoms with E-state index in [0.29, 0.717) is 11.4 Å². The number of halogens is 3. The van der Waals surface area contributed by atoms with Gasteiger partial charge in [0, 0.05) is 19.8 Å². The first kappa shape index (κ1) is 20.3. The molecule has 0 aliphatic heterocycles. The summed E-state index contributed by atoms with van der Waals surface area (Å²) < 4.78 is 43.5. The molecule has 0 radical (unpaired) electrons. The summed E-state index contributed by atoms with van der Waals surface area (Å²) in [6.45, 7) is -0.103. The van der Waals surface area contributed by atoms with E-state index in [4.69, 9.17) is 4.74 Å². The number of ether oxygens (including phenoxy) is 1. The molecule has 0 bridgehead atoms. The number of likely N-dealkylation sites (N-methyl/N-ethyl adjacent to an activating group) is 1. The zero-order chi connectivity index (χ0) is 20.0. The number of nitrogens with one attached hydrogen (secondary N) is 1. The zero-order valence-corrected chi connectivity index (χ0v) is 14.8. The van der Waals surface area contributed by atoms with Crippen LogP contribution in [0.1, 0.15) is 11.1 Å². The topological polar surface area (TPSA) is 58.6 Å². The van der Waals surface area contributed by atoms with Gasteiger partial charge in [0.2, 0.25) is 5.91 Å². The largest absolute Gasteiger partial charge is 0.484 e. The van der Waals surface area contributed by atoms with E-state index in [0.717, 1.165) is 12.1 Å². The number of nitrogens with zero attached hydrogens (tertiary/aromatic N) is 1. The number of carbonyl (C=O) groups is 2. The molecule has 0 saturated heterocycles. The van der Waals surface area contributed by atoms with Gasteiger partial charge in [0.1, 0.15) is 5.75 Å². The van der Waals surface area contributed by atoms with Gasteiger partial charge in [0.15, 0.2) is 6.61 Å². The van der Waals surface area contributed by atoms with Gasteiger partial charge in [0.25, 0.3) is 5.91 Å². The van der Waals surface area contributed by atoms with Crippen molar-refractivity contribution < 1.29 is 27.5 Å². The molecular weight excluding hydrogens is 361 g/mol. The first-order chi connectivity index (χ1) is 12.6. The third-order valence-corrected chi connectivity index (χ3v) is 3.62. The minimum Gasteiger partial charge on any atom is -0.484 e. The Labute approximate surface area is 154 Å². The fourth-order valence-electron chi connectivity index (χ4n) is 2.16. The number of anilines is 1. The van der Waals surface area contributed by atoms with Crippen LogP contribution in [0.15, 0.2) is 48.5 Å². The van der Waals surface area contributed by atoms with Crippen LogP contribution in [0, 0.1) is 0 Å². The van der Waals surface area contributed by atoms with E-state index in [-0.39, 0.29) is 24.5 Å². The van der Waals surface area contributed by atoms with E-state index in [1.165, 1.54) is 17.0 Å². The molecule has 0 saturated carbocycles.